The Bertz CT molecular complexity index is 450. The van der Waals surface area contributed by atoms with Crippen molar-refractivity contribution in [3.63, 3.8) is 0 Å². The van der Waals surface area contributed by atoms with E-state index in [1.165, 1.54) is 55.6 Å². The molecule has 3 rings (SSSR count). The fourth-order valence-corrected chi connectivity index (χ4v) is 3.51. The number of nitrogens with zero attached hydrogens (tertiary/aromatic N) is 2. The molecular weight excluding hydrogens is 246 g/mol. The SMILES string of the molecule is CCc1cnc2c(c1)CC(NC1CCN(C)CC1)CC2. The van der Waals surface area contributed by atoms with Crippen molar-refractivity contribution in [3.05, 3.63) is 29.1 Å². The second-order valence-electron chi connectivity index (χ2n) is 6.49. The van der Waals surface area contributed by atoms with E-state index in [4.69, 9.17) is 0 Å². The monoisotopic (exact) mass is 273 g/mol. The molecule has 1 aliphatic carbocycles. The first-order valence-corrected chi connectivity index (χ1v) is 8.16. The molecule has 1 aromatic heterocycles. The molecule has 0 amide bonds. The molecule has 0 saturated carbocycles. The summed E-state index contributed by atoms with van der Waals surface area (Å²) in [6.45, 7) is 4.69. The van der Waals surface area contributed by atoms with Crippen LogP contribution in [0.4, 0.5) is 0 Å². The number of hydrogen-bond donors (Lipinski definition) is 1. The van der Waals surface area contributed by atoms with Gasteiger partial charge in [0, 0.05) is 24.0 Å². The predicted octanol–water partition coefficient (Wildman–Crippen LogP) is 2.19. The lowest BCUT2D eigenvalue weighted by molar-refractivity contribution is 0.220. The Morgan fingerprint density at radius 2 is 2.05 bits per heavy atom. The van der Waals surface area contributed by atoms with E-state index in [0.717, 1.165) is 18.9 Å². The van der Waals surface area contributed by atoms with Gasteiger partial charge in [0.1, 0.15) is 0 Å². The first kappa shape index (κ1) is 14.0. The van der Waals surface area contributed by atoms with Crippen molar-refractivity contribution < 1.29 is 0 Å². The molecule has 110 valence electrons. The molecule has 0 bridgehead atoms. The lowest BCUT2D eigenvalue weighted by atomic mass is 9.89. The smallest absolute Gasteiger partial charge is 0.0436 e. The van der Waals surface area contributed by atoms with Crippen LogP contribution >= 0.6 is 0 Å². The second kappa shape index (κ2) is 6.23. The van der Waals surface area contributed by atoms with E-state index in [1.807, 2.05) is 0 Å². The molecule has 20 heavy (non-hydrogen) atoms. The highest BCUT2D eigenvalue weighted by atomic mass is 15.1. The Kier molecular flexibility index (Phi) is 4.37. The topological polar surface area (TPSA) is 28.2 Å². The first-order chi connectivity index (χ1) is 9.74. The Hall–Kier alpha value is -0.930. The molecule has 1 fully saturated rings. The van der Waals surface area contributed by atoms with Crippen LogP contribution < -0.4 is 5.32 Å². The van der Waals surface area contributed by atoms with Crippen LogP contribution in [-0.2, 0) is 19.3 Å². The van der Waals surface area contributed by atoms with Gasteiger partial charge >= 0.3 is 0 Å². The van der Waals surface area contributed by atoms with Crippen molar-refractivity contribution >= 4 is 0 Å². The maximum atomic E-state index is 4.65. The number of aryl methyl sites for hydroxylation is 2. The van der Waals surface area contributed by atoms with Gasteiger partial charge in [0.25, 0.3) is 0 Å². The van der Waals surface area contributed by atoms with Gasteiger partial charge in [-0.2, -0.15) is 0 Å². The Balaban J connectivity index is 1.60. The summed E-state index contributed by atoms with van der Waals surface area (Å²) in [5.41, 5.74) is 4.20. The standard InChI is InChI=1S/C17H27N3/c1-3-13-10-14-11-16(4-5-17(14)18-12-13)19-15-6-8-20(2)9-7-15/h10,12,15-16,19H,3-9,11H2,1-2H3. The van der Waals surface area contributed by atoms with E-state index in [0.29, 0.717) is 6.04 Å². The third-order valence-electron chi connectivity index (χ3n) is 4.91. The van der Waals surface area contributed by atoms with E-state index in [9.17, 15) is 0 Å². The van der Waals surface area contributed by atoms with E-state index in [2.05, 4.69) is 41.4 Å². The number of pyridine rings is 1. The van der Waals surface area contributed by atoms with Crippen LogP contribution in [0.15, 0.2) is 12.3 Å². The van der Waals surface area contributed by atoms with Crippen LogP contribution in [0.3, 0.4) is 0 Å². The summed E-state index contributed by atoms with van der Waals surface area (Å²) in [4.78, 5) is 7.08. The molecule has 3 heteroatoms. The average molecular weight is 273 g/mol. The van der Waals surface area contributed by atoms with Gasteiger partial charge in [-0.05, 0) is 69.8 Å². The third-order valence-corrected chi connectivity index (χ3v) is 4.91. The van der Waals surface area contributed by atoms with Gasteiger partial charge in [-0.3, -0.25) is 4.98 Å². The third kappa shape index (κ3) is 3.21. The highest BCUT2D eigenvalue weighted by Crippen LogP contribution is 2.22. The number of rotatable bonds is 3. The largest absolute Gasteiger partial charge is 0.311 e. The Labute approximate surface area is 122 Å². The highest BCUT2D eigenvalue weighted by Gasteiger charge is 2.24. The van der Waals surface area contributed by atoms with Gasteiger partial charge in [-0.15, -0.1) is 0 Å². The minimum absolute atomic E-state index is 0.657. The molecule has 1 unspecified atom stereocenters. The summed E-state index contributed by atoms with van der Waals surface area (Å²) in [7, 11) is 2.23. The van der Waals surface area contributed by atoms with Gasteiger partial charge in [-0.25, -0.2) is 0 Å². The molecule has 0 spiro atoms. The Morgan fingerprint density at radius 3 is 2.80 bits per heavy atom. The molecule has 1 saturated heterocycles. The summed E-state index contributed by atoms with van der Waals surface area (Å²) in [5, 5.41) is 3.90. The molecular formula is C17H27N3. The molecule has 1 aliphatic heterocycles. The van der Waals surface area contributed by atoms with Crippen LogP contribution in [0, 0.1) is 0 Å². The van der Waals surface area contributed by atoms with Gasteiger partial charge < -0.3 is 10.2 Å². The van der Waals surface area contributed by atoms with Crippen molar-refractivity contribution in [2.75, 3.05) is 20.1 Å². The summed E-state index contributed by atoms with van der Waals surface area (Å²) >= 11 is 0. The van der Waals surface area contributed by atoms with Crippen molar-refractivity contribution in [3.8, 4) is 0 Å². The quantitative estimate of drug-likeness (QED) is 0.915. The van der Waals surface area contributed by atoms with Crippen molar-refractivity contribution in [1.82, 2.24) is 15.2 Å². The normalized spacial score (nSPS) is 24.6. The summed E-state index contributed by atoms with van der Waals surface area (Å²) in [6, 6.07) is 3.76. The molecule has 0 aromatic carbocycles. The fourth-order valence-electron chi connectivity index (χ4n) is 3.51. The summed E-state index contributed by atoms with van der Waals surface area (Å²) in [5.74, 6) is 0. The maximum absolute atomic E-state index is 4.65. The van der Waals surface area contributed by atoms with E-state index >= 15 is 0 Å². The van der Waals surface area contributed by atoms with E-state index in [1.54, 1.807) is 0 Å². The second-order valence-corrected chi connectivity index (χ2v) is 6.49. The predicted molar refractivity (Wildman–Crippen MR) is 83.1 cm³/mol. The van der Waals surface area contributed by atoms with Crippen molar-refractivity contribution in [1.29, 1.82) is 0 Å². The van der Waals surface area contributed by atoms with Crippen LogP contribution in [0.2, 0.25) is 0 Å². The number of aromatic nitrogens is 1. The lowest BCUT2D eigenvalue weighted by Gasteiger charge is -2.34. The zero-order valence-corrected chi connectivity index (χ0v) is 12.9. The Morgan fingerprint density at radius 1 is 1.25 bits per heavy atom. The maximum Gasteiger partial charge on any atom is 0.0436 e. The minimum Gasteiger partial charge on any atom is -0.311 e. The van der Waals surface area contributed by atoms with Gasteiger partial charge in [0.15, 0.2) is 0 Å². The first-order valence-electron chi connectivity index (χ1n) is 8.16. The van der Waals surface area contributed by atoms with Gasteiger partial charge in [0.2, 0.25) is 0 Å². The van der Waals surface area contributed by atoms with Crippen LogP contribution in [-0.4, -0.2) is 42.1 Å². The van der Waals surface area contributed by atoms with Crippen molar-refractivity contribution in [2.24, 2.45) is 0 Å². The van der Waals surface area contributed by atoms with Crippen molar-refractivity contribution in [2.45, 2.75) is 57.5 Å². The van der Waals surface area contributed by atoms with Crippen LogP contribution in [0.25, 0.3) is 0 Å². The van der Waals surface area contributed by atoms with Crippen LogP contribution in [0.1, 0.15) is 43.0 Å². The molecule has 1 N–H and O–H groups in total. The molecule has 0 radical (unpaired) electrons. The lowest BCUT2D eigenvalue weighted by Crippen LogP contribution is -2.47. The molecule has 2 heterocycles. The van der Waals surface area contributed by atoms with Crippen LogP contribution in [0.5, 0.6) is 0 Å². The number of hydrogen-bond acceptors (Lipinski definition) is 3. The zero-order chi connectivity index (χ0) is 13.9. The number of nitrogens with one attached hydrogen (secondary N) is 1. The van der Waals surface area contributed by atoms with E-state index in [-0.39, 0.29) is 0 Å². The van der Waals surface area contributed by atoms with Gasteiger partial charge in [-0.1, -0.05) is 13.0 Å². The van der Waals surface area contributed by atoms with E-state index < -0.39 is 0 Å². The molecule has 3 nitrogen and oxygen atoms in total. The highest BCUT2D eigenvalue weighted by molar-refractivity contribution is 5.28. The van der Waals surface area contributed by atoms with Gasteiger partial charge in [0.05, 0.1) is 0 Å². The number of fused-ring (bicyclic) bond motifs is 1. The molecule has 2 aliphatic rings. The molecule has 1 aromatic rings. The summed E-state index contributed by atoms with van der Waals surface area (Å²) in [6.07, 6.45) is 9.31. The number of likely N-dealkylation sites (tertiary alicyclic amines) is 1. The average Bonchev–Trinajstić information content (AvgIpc) is 2.49. The molecule has 1 atom stereocenters. The number of piperidine rings is 1. The zero-order valence-electron chi connectivity index (χ0n) is 12.9. The fraction of sp³-hybridized carbons (Fsp3) is 0.706. The minimum atomic E-state index is 0.657. The summed E-state index contributed by atoms with van der Waals surface area (Å²) < 4.78 is 0.